The molecule has 24 heavy (non-hydrogen) atoms. The molecular formula is C17H21Cl2N3O2. The zero-order valence-corrected chi connectivity index (χ0v) is 14.7. The molecule has 1 aromatic carbocycles. The third-order valence-corrected chi connectivity index (χ3v) is 3.67. The maximum Gasteiger partial charge on any atom is 0.255 e. The standard InChI is InChI=1S/C17H19N3O2.2ClH/c21-17(20-13-7-10-18-11-8-13)15-5-1-2-6-16(15)22-14-4-3-9-19-12-14;;/h1-6,9,12-13,18H,7-8,10-11H2,(H,20,21);2*1H. The van der Waals surface area contributed by atoms with Crippen LogP contribution in [0.25, 0.3) is 0 Å². The van der Waals surface area contributed by atoms with Crippen molar-refractivity contribution >= 4 is 30.7 Å². The number of hydrogen-bond donors (Lipinski definition) is 2. The first-order valence-corrected chi connectivity index (χ1v) is 7.51. The number of hydrogen-bond acceptors (Lipinski definition) is 4. The molecule has 1 aromatic heterocycles. The summed E-state index contributed by atoms with van der Waals surface area (Å²) in [7, 11) is 0. The summed E-state index contributed by atoms with van der Waals surface area (Å²) < 4.78 is 5.78. The number of ether oxygens (including phenoxy) is 1. The highest BCUT2D eigenvalue weighted by Crippen LogP contribution is 2.24. The third kappa shape index (κ3) is 5.37. The molecule has 0 bridgehead atoms. The van der Waals surface area contributed by atoms with Gasteiger partial charge in [0.2, 0.25) is 0 Å². The highest BCUT2D eigenvalue weighted by Gasteiger charge is 2.19. The Morgan fingerprint density at radius 3 is 2.58 bits per heavy atom. The number of pyridine rings is 1. The number of piperidine rings is 1. The number of aromatic nitrogens is 1. The number of nitrogens with one attached hydrogen (secondary N) is 2. The van der Waals surface area contributed by atoms with Crippen molar-refractivity contribution in [2.45, 2.75) is 18.9 Å². The Morgan fingerprint density at radius 1 is 1.12 bits per heavy atom. The molecule has 2 N–H and O–H groups in total. The van der Waals surface area contributed by atoms with E-state index in [9.17, 15) is 4.79 Å². The normalized spacial score (nSPS) is 14.0. The molecule has 1 aliphatic rings. The molecule has 1 amide bonds. The summed E-state index contributed by atoms with van der Waals surface area (Å²) in [5.74, 6) is 1.07. The SMILES string of the molecule is Cl.Cl.O=C(NC1CCNCC1)c1ccccc1Oc1cccnc1. The first kappa shape index (κ1) is 20.2. The highest BCUT2D eigenvalue weighted by atomic mass is 35.5. The number of rotatable bonds is 4. The summed E-state index contributed by atoms with van der Waals surface area (Å²) in [5, 5.41) is 6.38. The van der Waals surface area contributed by atoms with E-state index in [4.69, 9.17) is 4.74 Å². The topological polar surface area (TPSA) is 63.2 Å². The van der Waals surface area contributed by atoms with E-state index in [0.29, 0.717) is 17.1 Å². The van der Waals surface area contributed by atoms with Gasteiger partial charge >= 0.3 is 0 Å². The Balaban J connectivity index is 0.00000144. The van der Waals surface area contributed by atoms with Crippen LogP contribution in [0.2, 0.25) is 0 Å². The second-order valence-electron chi connectivity index (χ2n) is 5.28. The second kappa shape index (κ2) is 10.1. The molecule has 2 aromatic rings. The van der Waals surface area contributed by atoms with Crippen LogP contribution in [0.1, 0.15) is 23.2 Å². The van der Waals surface area contributed by atoms with Crippen molar-refractivity contribution in [1.82, 2.24) is 15.6 Å². The number of para-hydroxylation sites is 1. The monoisotopic (exact) mass is 369 g/mol. The molecule has 3 rings (SSSR count). The minimum Gasteiger partial charge on any atom is -0.455 e. The van der Waals surface area contributed by atoms with Crippen molar-refractivity contribution in [1.29, 1.82) is 0 Å². The van der Waals surface area contributed by atoms with Crippen molar-refractivity contribution in [3.63, 3.8) is 0 Å². The van der Waals surface area contributed by atoms with Gasteiger partial charge in [-0.15, -0.1) is 24.8 Å². The summed E-state index contributed by atoms with van der Waals surface area (Å²) in [6.45, 7) is 1.89. The van der Waals surface area contributed by atoms with Gasteiger partial charge in [0, 0.05) is 12.2 Å². The fourth-order valence-electron chi connectivity index (χ4n) is 2.51. The molecular weight excluding hydrogens is 349 g/mol. The van der Waals surface area contributed by atoms with Crippen LogP contribution in [0.4, 0.5) is 0 Å². The lowest BCUT2D eigenvalue weighted by atomic mass is 10.1. The summed E-state index contributed by atoms with van der Waals surface area (Å²) in [5.41, 5.74) is 0.546. The van der Waals surface area contributed by atoms with Gasteiger partial charge in [0.15, 0.2) is 0 Å². The van der Waals surface area contributed by atoms with Gasteiger partial charge < -0.3 is 15.4 Å². The molecule has 0 aliphatic carbocycles. The summed E-state index contributed by atoms with van der Waals surface area (Å²) in [4.78, 5) is 16.5. The molecule has 0 radical (unpaired) electrons. The Labute approximate surface area is 154 Å². The molecule has 0 spiro atoms. The molecule has 0 unspecified atom stereocenters. The number of benzene rings is 1. The molecule has 130 valence electrons. The van der Waals surface area contributed by atoms with Crippen LogP contribution in [0.15, 0.2) is 48.8 Å². The Hall–Kier alpha value is -1.82. The number of amides is 1. The van der Waals surface area contributed by atoms with Gasteiger partial charge in [-0.3, -0.25) is 9.78 Å². The summed E-state index contributed by atoms with van der Waals surface area (Å²) in [6.07, 6.45) is 5.22. The van der Waals surface area contributed by atoms with E-state index < -0.39 is 0 Å². The fraction of sp³-hybridized carbons (Fsp3) is 0.294. The maximum absolute atomic E-state index is 12.5. The molecule has 1 aliphatic heterocycles. The Kier molecular flexibility index (Phi) is 8.54. The number of nitrogens with zero attached hydrogens (tertiary/aromatic N) is 1. The van der Waals surface area contributed by atoms with E-state index in [1.807, 2.05) is 18.2 Å². The van der Waals surface area contributed by atoms with Gasteiger partial charge in [0.25, 0.3) is 5.91 Å². The molecule has 5 nitrogen and oxygen atoms in total. The fourth-order valence-corrected chi connectivity index (χ4v) is 2.51. The van der Waals surface area contributed by atoms with Gasteiger partial charge in [-0.1, -0.05) is 12.1 Å². The molecule has 0 saturated carbocycles. The minimum absolute atomic E-state index is 0. The van der Waals surface area contributed by atoms with E-state index in [1.165, 1.54) is 0 Å². The molecule has 2 heterocycles. The average molecular weight is 370 g/mol. The zero-order valence-electron chi connectivity index (χ0n) is 13.1. The smallest absolute Gasteiger partial charge is 0.255 e. The minimum atomic E-state index is -0.0913. The molecule has 1 fully saturated rings. The van der Waals surface area contributed by atoms with Crippen molar-refractivity contribution in [3.8, 4) is 11.5 Å². The molecule has 1 saturated heterocycles. The van der Waals surface area contributed by atoms with Crippen LogP contribution < -0.4 is 15.4 Å². The van der Waals surface area contributed by atoms with E-state index in [1.54, 1.807) is 30.6 Å². The van der Waals surface area contributed by atoms with Crippen LogP contribution in [-0.4, -0.2) is 30.0 Å². The number of halogens is 2. The van der Waals surface area contributed by atoms with Crippen LogP contribution in [-0.2, 0) is 0 Å². The van der Waals surface area contributed by atoms with E-state index in [-0.39, 0.29) is 36.8 Å². The van der Waals surface area contributed by atoms with Gasteiger partial charge in [-0.05, 0) is 50.2 Å². The van der Waals surface area contributed by atoms with Gasteiger partial charge in [-0.2, -0.15) is 0 Å². The quantitative estimate of drug-likeness (QED) is 0.868. The van der Waals surface area contributed by atoms with E-state index in [2.05, 4.69) is 15.6 Å². The Bertz CT molecular complexity index is 635. The van der Waals surface area contributed by atoms with Gasteiger partial charge in [0.05, 0.1) is 11.8 Å². The van der Waals surface area contributed by atoms with Gasteiger partial charge in [0.1, 0.15) is 11.5 Å². The molecule has 0 atom stereocenters. The first-order chi connectivity index (χ1) is 10.8. The lowest BCUT2D eigenvalue weighted by Gasteiger charge is -2.24. The summed E-state index contributed by atoms with van der Waals surface area (Å²) in [6, 6.07) is 11.1. The van der Waals surface area contributed by atoms with Crippen LogP contribution in [0.3, 0.4) is 0 Å². The lowest BCUT2D eigenvalue weighted by Crippen LogP contribution is -2.42. The van der Waals surface area contributed by atoms with Crippen LogP contribution >= 0.6 is 24.8 Å². The second-order valence-corrected chi connectivity index (χ2v) is 5.28. The highest BCUT2D eigenvalue weighted by molar-refractivity contribution is 5.97. The third-order valence-electron chi connectivity index (χ3n) is 3.67. The van der Waals surface area contributed by atoms with E-state index in [0.717, 1.165) is 25.9 Å². The Morgan fingerprint density at radius 2 is 1.88 bits per heavy atom. The first-order valence-electron chi connectivity index (χ1n) is 7.51. The van der Waals surface area contributed by atoms with Crippen molar-refractivity contribution in [2.24, 2.45) is 0 Å². The van der Waals surface area contributed by atoms with Crippen LogP contribution in [0, 0.1) is 0 Å². The zero-order chi connectivity index (χ0) is 15.2. The number of carbonyl (C=O) groups is 1. The average Bonchev–Trinajstić information content (AvgIpc) is 2.57. The lowest BCUT2D eigenvalue weighted by molar-refractivity contribution is 0.0927. The van der Waals surface area contributed by atoms with E-state index >= 15 is 0 Å². The number of carbonyl (C=O) groups excluding carboxylic acids is 1. The predicted octanol–water partition coefficient (Wildman–Crippen LogP) is 3.20. The molecule has 7 heteroatoms. The largest absolute Gasteiger partial charge is 0.455 e. The van der Waals surface area contributed by atoms with Crippen molar-refractivity contribution < 1.29 is 9.53 Å². The predicted molar refractivity (Wildman–Crippen MR) is 98.6 cm³/mol. The van der Waals surface area contributed by atoms with Crippen LogP contribution in [0.5, 0.6) is 11.5 Å². The summed E-state index contributed by atoms with van der Waals surface area (Å²) >= 11 is 0. The van der Waals surface area contributed by atoms with Gasteiger partial charge in [-0.25, -0.2) is 0 Å². The maximum atomic E-state index is 12.5. The van der Waals surface area contributed by atoms with Crippen molar-refractivity contribution in [2.75, 3.05) is 13.1 Å². The van der Waals surface area contributed by atoms with Crippen molar-refractivity contribution in [3.05, 3.63) is 54.4 Å².